The number of rotatable bonds is 0. The number of hydrogen-bond donors (Lipinski definition) is 0. The Morgan fingerprint density at radius 3 is 1.58 bits per heavy atom. The minimum absolute atomic E-state index is 0.145. The second kappa shape index (κ2) is 8.19. The number of esters is 2. The Hall–Kier alpha value is -4.19. The highest BCUT2D eigenvalue weighted by Crippen LogP contribution is 2.64. The van der Waals surface area contributed by atoms with Crippen LogP contribution in [0.5, 0.6) is 11.5 Å². The molecule has 0 saturated heterocycles. The van der Waals surface area contributed by atoms with Crippen molar-refractivity contribution in [1.82, 2.24) is 0 Å². The molecule has 3 aliphatic rings. The van der Waals surface area contributed by atoms with Crippen molar-refractivity contribution in [3.63, 3.8) is 0 Å². The molecule has 180 valence electrons. The van der Waals surface area contributed by atoms with E-state index >= 15 is 0 Å². The lowest BCUT2D eigenvalue weighted by Gasteiger charge is -2.53. The zero-order valence-corrected chi connectivity index (χ0v) is 20.1. The van der Waals surface area contributed by atoms with E-state index in [9.17, 15) is 14.4 Å². The first-order valence-electron chi connectivity index (χ1n) is 11.9. The van der Waals surface area contributed by atoms with Gasteiger partial charge in [-0.2, -0.15) is 0 Å². The Morgan fingerprint density at radius 2 is 1.03 bits per heavy atom. The first-order valence-corrected chi connectivity index (χ1v) is 11.9. The normalized spacial score (nSPS) is 23.0. The Balaban J connectivity index is 0.000000168. The van der Waals surface area contributed by atoms with Crippen LogP contribution in [0.15, 0.2) is 75.9 Å². The van der Waals surface area contributed by atoms with Crippen LogP contribution in [0.4, 0.5) is 0 Å². The second-order valence-corrected chi connectivity index (χ2v) is 9.82. The van der Waals surface area contributed by atoms with Gasteiger partial charge in [0.15, 0.2) is 0 Å². The molecule has 1 saturated carbocycles. The molecule has 6 nitrogen and oxygen atoms in total. The van der Waals surface area contributed by atoms with Gasteiger partial charge >= 0.3 is 17.6 Å². The quantitative estimate of drug-likeness (QED) is 0.192. The predicted molar refractivity (Wildman–Crippen MR) is 133 cm³/mol. The minimum atomic E-state index is -0.306. The highest BCUT2D eigenvalue weighted by molar-refractivity contribution is 5.91. The average Bonchev–Trinajstić information content (AvgIpc) is 2.80. The van der Waals surface area contributed by atoms with Gasteiger partial charge in [-0.1, -0.05) is 36.4 Å². The zero-order valence-electron chi connectivity index (χ0n) is 20.1. The Bertz CT molecular complexity index is 1530. The monoisotopic (exact) mass is 480 g/mol. The lowest BCUT2D eigenvalue weighted by molar-refractivity contribution is -0.161. The standard InChI is InChI=1S/C20H16O4.C10H8O2/c1-9-3-5-11-13(7-9)23-19(21)17-15(11)18-16(17)12-6-4-10(2)8-14(12)24-20(18)22;1-7-2-3-8-4-5-10(11)12-9(8)6-7/h3-8,15-18H,1-2H3;2-6H,1H3. The van der Waals surface area contributed by atoms with E-state index in [1.807, 2.05) is 75.4 Å². The molecule has 0 atom stereocenters. The van der Waals surface area contributed by atoms with Crippen LogP contribution in [-0.2, 0) is 9.59 Å². The number of carbonyl (C=O) groups excluding carboxylic acids is 2. The predicted octanol–water partition coefficient (Wildman–Crippen LogP) is 5.36. The third-order valence-electron chi connectivity index (χ3n) is 7.35. The molecule has 4 aromatic rings. The van der Waals surface area contributed by atoms with Gasteiger partial charge in [-0.3, -0.25) is 9.59 Å². The Kier molecular flexibility index (Phi) is 5.07. The molecule has 1 aliphatic carbocycles. The number of ether oxygens (including phenoxy) is 2. The van der Waals surface area contributed by atoms with Crippen molar-refractivity contribution in [2.45, 2.75) is 32.6 Å². The average molecular weight is 481 g/mol. The van der Waals surface area contributed by atoms with Crippen LogP contribution in [0.3, 0.4) is 0 Å². The minimum Gasteiger partial charge on any atom is -0.426 e. The first-order chi connectivity index (χ1) is 17.3. The molecule has 0 bridgehead atoms. The molecular weight excluding hydrogens is 456 g/mol. The fraction of sp³-hybridized carbons (Fsp3) is 0.233. The van der Waals surface area contributed by atoms with Crippen molar-refractivity contribution in [3.8, 4) is 11.5 Å². The number of hydrogen-bond acceptors (Lipinski definition) is 6. The maximum atomic E-state index is 12.6. The van der Waals surface area contributed by atoms with Gasteiger partial charge in [0.25, 0.3) is 0 Å². The molecule has 0 amide bonds. The molecule has 0 N–H and O–H groups in total. The topological polar surface area (TPSA) is 82.8 Å². The summed E-state index contributed by atoms with van der Waals surface area (Å²) in [7, 11) is 0. The van der Waals surface area contributed by atoms with E-state index in [4.69, 9.17) is 13.9 Å². The molecule has 36 heavy (non-hydrogen) atoms. The summed E-state index contributed by atoms with van der Waals surface area (Å²) in [5, 5.41) is 0.959. The van der Waals surface area contributed by atoms with E-state index < -0.39 is 0 Å². The number of benzene rings is 3. The Morgan fingerprint density at radius 1 is 0.556 bits per heavy atom. The van der Waals surface area contributed by atoms with Crippen LogP contribution in [0.25, 0.3) is 11.0 Å². The van der Waals surface area contributed by atoms with Gasteiger partial charge in [0.1, 0.15) is 17.1 Å². The highest BCUT2D eigenvalue weighted by atomic mass is 16.5. The maximum absolute atomic E-state index is 12.6. The lowest BCUT2D eigenvalue weighted by Crippen LogP contribution is -2.56. The zero-order chi connectivity index (χ0) is 25.1. The van der Waals surface area contributed by atoms with Crippen LogP contribution in [0, 0.1) is 32.6 Å². The van der Waals surface area contributed by atoms with Gasteiger partial charge in [-0.05, 0) is 72.9 Å². The molecule has 7 rings (SSSR count). The van der Waals surface area contributed by atoms with Crippen molar-refractivity contribution >= 4 is 22.9 Å². The molecule has 1 fully saturated rings. The van der Waals surface area contributed by atoms with Crippen LogP contribution < -0.4 is 15.1 Å². The maximum Gasteiger partial charge on any atom is 0.336 e. The van der Waals surface area contributed by atoms with Gasteiger partial charge in [0, 0.05) is 23.3 Å². The van der Waals surface area contributed by atoms with Crippen molar-refractivity contribution < 1.29 is 23.5 Å². The number of fused-ring (bicyclic) bond motifs is 9. The molecule has 0 unspecified atom stereocenters. The number of carbonyl (C=O) groups is 2. The molecule has 6 heteroatoms. The molecular formula is C30H24O6. The summed E-state index contributed by atoms with van der Waals surface area (Å²) < 4.78 is 16.1. The van der Waals surface area contributed by atoms with Crippen LogP contribution >= 0.6 is 0 Å². The van der Waals surface area contributed by atoms with Crippen molar-refractivity contribution in [2.24, 2.45) is 11.8 Å². The van der Waals surface area contributed by atoms with E-state index in [0.717, 1.165) is 33.2 Å². The summed E-state index contributed by atoms with van der Waals surface area (Å²) in [4.78, 5) is 36.0. The van der Waals surface area contributed by atoms with E-state index in [2.05, 4.69) is 0 Å². The summed E-state index contributed by atoms with van der Waals surface area (Å²) in [6.45, 7) is 5.88. The Labute approximate surface area is 207 Å². The second-order valence-electron chi connectivity index (χ2n) is 9.82. The first kappa shape index (κ1) is 22.3. The largest absolute Gasteiger partial charge is 0.426 e. The van der Waals surface area contributed by atoms with E-state index in [-0.39, 0.29) is 41.2 Å². The van der Waals surface area contributed by atoms with Crippen molar-refractivity contribution in [2.75, 3.05) is 0 Å². The smallest absolute Gasteiger partial charge is 0.336 e. The fourth-order valence-electron chi connectivity index (χ4n) is 5.64. The van der Waals surface area contributed by atoms with Gasteiger partial charge in [0.2, 0.25) is 0 Å². The van der Waals surface area contributed by atoms with Gasteiger partial charge in [0.05, 0.1) is 11.8 Å². The van der Waals surface area contributed by atoms with Gasteiger partial charge in [-0.25, -0.2) is 4.79 Å². The van der Waals surface area contributed by atoms with E-state index in [1.54, 1.807) is 6.07 Å². The summed E-state index contributed by atoms with van der Waals surface area (Å²) >= 11 is 0. The SMILES string of the molecule is Cc1ccc2c(c1)OC(=O)C1C2C2C(=O)Oc3cc(C)ccc3C12.Cc1ccc2ccc(=O)oc2c1. The number of aryl methyl sites for hydroxylation is 3. The lowest BCUT2D eigenvalue weighted by atomic mass is 9.51. The summed E-state index contributed by atoms with van der Waals surface area (Å²) in [6, 6.07) is 20.6. The molecule has 0 spiro atoms. The van der Waals surface area contributed by atoms with Crippen LogP contribution in [-0.4, -0.2) is 11.9 Å². The van der Waals surface area contributed by atoms with Crippen LogP contribution in [0.2, 0.25) is 0 Å². The highest BCUT2D eigenvalue weighted by Gasteiger charge is 2.64. The molecule has 3 aromatic carbocycles. The summed E-state index contributed by atoms with van der Waals surface area (Å²) in [5.74, 6) is -0.202. The van der Waals surface area contributed by atoms with Gasteiger partial charge in [-0.15, -0.1) is 0 Å². The fourth-order valence-corrected chi connectivity index (χ4v) is 5.64. The van der Waals surface area contributed by atoms with E-state index in [1.165, 1.54) is 6.07 Å². The van der Waals surface area contributed by atoms with Gasteiger partial charge < -0.3 is 13.9 Å². The summed E-state index contributed by atoms with van der Waals surface area (Å²) in [6.07, 6.45) is 0. The molecule has 0 radical (unpaired) electrons. The molecule has 1 aromatic heterocycles. The van der Waals surface area contributed by atoms with Crippen LogP contribution in [0.1, 0.15) is 39.7 Å². The molecule has 2 aliphatic heterocycles. The van der Waals surface area contributed by atoms with Crippen molar-refractivity contribution in [3.05, 3.63) is 105 Å². The van der Waals surface area contributed by atoms with Crippen molar-refractivity contribution in [1.29, 1.82) is 0 Å². The molecule has 3 heterocycles. The van der Waals surface area contributed by atoms with E-state index in [0.29, 0.717) is 17.1 Å². The third-order valence-corrected chi connectivity index (χ3v) is 7.35. The summed E-state index contributed by atoms with van der Waals surface area (Å²) in [5.41, 5.74) is 5.40. The third kappa shape index (κ3) is 3.52.